The average Bonchev–Trinajstić information content (AvgIpc) is 2.50. The number of methoxy groups -OCH3 is 1. The van der Waals surface area contributed by atoms with Crippen molar-refractivity contribution in [1.82, 2.24) is 9.97 Å². The first-order chi connectivity index (χ1) is 10.1. The number of nitrogens with zero attached hydrogens (tertiary/aromatic N) is 3. The molecule has 2 aromatic rings. The number of nitrogens with one attached hydrogen (secondary N) is 1. The molecular weight excluding hydrogens is 264 g/mol. The Balaban J connectivity index is 2.44. The molecule has 21 heavy (non-hydrogen) atoms. The zero-order valence-electron chi connectivity index (χ0n) is 13.3. The number of anilines is 3. The molecule has 0 unspecified atom stereocenters. The SMILES string of the molecule is CCNc1nc(C)nc(N(C)c2cccc(OC)c2)c1C. The zero-order chi connectivity index (χ0) is 15.4. The molecule has 0 radical (unpaired) electrons. The lowest BCUT2D eigenvalue weighted by Gasteiger charge is -2.22. The van der Waals surface area contributed by atoms with E-state index < -0.39 is 0 Å². The van der Waals surface area contributed by atoms with Gasteiger partial charge in [-0.15, -0.1) is 0 Å². The molecule has 0 fully saturated rings. The molecule has 0 saturated carbocycles. The smallest absolute Gasteiger partial charge is 0.141 e. The van der Waals surface area contributed by atoms with E-state index in [9.17, 15) is 0 Å². The fourth-order valence-electron chi connectivity index (χ4n) is 2.22. The maximum Gasteiger partial charge on any atom is 0.141 e. The molecule has 1 aromatic heterocycles. The molecule has 1 aromatic carbocycles. The molecule has 1 N–H and O–H groups in total. The van der Waals surface area contributed by atoms with Gasteiger partial charge in [0.1, 0.15) is 23.2 Å². The van der Waals surface area contributed by atoms with Crippen LogP contribution in [-0.4, -0.2) is 30.7 Å². The summed E-state index contributed by atoms with van der Waals surface area (Å²) >= 11 is 0. The predicted molar refractivity (Wildman–Crippen MR) is 86.7 cm³/mol. The van der Waals surface area contributed by atoms with Crippen LogP contribution in [0.1, 0.15) is 18.3 Å². The van der Waals surface area contributed by atoms with Crippen LogP contribution in [0.3, 0.4) is 0 Å². The van der Waals surface area contributed by atoms with Crippen molar-refractivity contribution in [2.45, 2.75) is 20.8 Å². The highest BCUT2D eigenvalue weighted by Crippen LogP contribution is 2.30. The Morgan fingerprint density at radius 2 is 2.00 bits per heavy atom. The van der Waals surface area contributed by atoms with Gasteiger partial charge in [0.25, 0.3) is 0 Å². The molecule has 0 aliphatic rings. The van der Waals surface area contributed by atoms with Crippen LogP contribution in [0.15, 0.2) is 24.3 Å². The van der Waals surface area contributed by atoms with Crippen LogP contribution in [0.5, 0.6) is 5.75 Å². The fourth-order valence-corrected chi connectivity index (χ4v) is 2.22. The van der Waals surface area contributed by atoms with Crippen molar-refractivity contribution < 1.29 is 4.74 Å². The molecule has 112 valence electrons. The van der Waals surface area contributed by atoms with Crippen LogP contribution in [0.4, 0.5) is 17.3 Å². The molecule has 1 heterocycles. The second-order valence-corrected chi connectivity index (χ2v) is 4.86. The summed E-state index contributed by atoms with van der Waals surface area (Å²) in [6.45, 7) is 6.83. The van der Waals surface area contributed by atoms with Gasteiger partial charge in [-0.1, -0.05) is 6.07 Å². The van der Waals surface area contributed by atoms with Gasteiger partial charge < -0.3 is 15.0 Å². The average molecular weight is 286 g/mol. The van der Waals surface area contributed by atoms with Gasteiger partial charge in [0.05, 0.1) is 7.11 Å². The Morgan fingerprint density at radius 1 is 1.24 bits per heavy atom. The second-order valence-electron chi connectivity index (χ2n) is 4.86. The van der Waals surface area contributed by atoms with Crippen molar-refractivity contribution in [3.8, 4) is 5.75 Å². The van der Waals surface area contributed by atoms with E-state index >= 15 is 0 Å². The normalized spacial score (nSPS) is 10.3. The van der Waals surface area contributed by atoms with Crippen LogP contribution < -0.4 is 15.0 Å². The van der Waals surface area contributed by atoms with Crippen LogP contribution >= 0.6 is 0 Å². The van der Waals surface area contributed by atoms with Gasteiger partial charge in [-0.2, -0.15) is 0 Å². The van der Waals surface area contributed by atoms with Crippen molar-refractivity contribution in [1.29, 1.82) is 0 Å². The molecule has 0 atom stereocenters. The van der Waals surface area contributed by atoms with Crippen LogP contribution in [0.2, 0.25) is 0 Å². The van der Waals surface area contributed by atoms with Crippen molar-refractivity contribution >= 4 is 17.3 Å². The van der Waals surface area contributed by atoms with Gasteiger partial charge in [0, 0.05) is 30.9 Å². The van der Waals surface area contributed by atoms with E-state index in [1.807, 2.05) is 50.1 Å². The minimum Gasteiger partial charge on any atom is -0.497 e. The molecule has 0 aliphatic carbocycles. The van der Waals surface area contributed by atoms with E-state index in [4.69, 9.17) is 4.74 Å². The topological polar surface area (TPSA) is 50.3 Å². The molecule has 2 rings (SSSR count). The van der Waals surface area contributed by atoms with E-state index in [0.29, 0.717) is 0 Å². The van der Waals surface area contributed by atoms with Gasteiger partial charge in [-0.3, -0.25) is 0 Å². The third-order valence-corrected chi connectivity index (χ3v) is 3.33. The van der Waals surface area contributed by atoms with Gasteiger partial charge in [-0.25, -0.2) is 9.97 Å². The minimum atomic E-state index is 0.751. The second kappa shape index (κ2) is 6.43. The third-order valence-electron chi connectivity index (χ3n) is 3.33. The van der Waals surface area contributed by atoms with Gasteiger partial charge in [-0.05, 0) is 32.9 Å². The molecular formula is C16H22N4O. The first-order valence-electron chi connectivity index (χ1n) is 7.03. The number of hydrogen-bond donors (Lipinski definition) is 1. The van der Waals surface area contributed by atoms with E-state index in [0.717, 1.165) is 41.0 Å². The monoisotopic (exact) mass is 286 g/mol. The standard InChI is InChI=1S/C16H22N4O/c1-6-17-15-11(2)16(19-12(3)18-15)20(4)13-8-7-9-14(10-13)21-5/h7-10H,6H2,1-5H3,(H,17,18,19). The highest BCUT2D eigenvalue weighted by molar-refractivity contribution is 5.67. The summed E-state index contributed by atoms with van der Waals surface area (Å²) in [5.41, 5.74) is 2.06. The Bertz CT molecular complexity index is 628. The number of ether oxygens (including phenoxy) is 1. The summed E-state index contributed by atoms with van der Waals surface area (Å²) in [6, 6.07) is 7.93. The molecule has 0 spiro atoms. The van der Waals surface area contributed by atoms with Crippen molar-refractivity contribution in [3.05, 3.63) is 35.7 Å². The van der Waals surface area contributed by atoms with Gasteiger partial charge in [0.15, 0.2) is 0 Å². The van der Waals surface area contributed by atoms with Gasteiger partial charge >= 0.3 is 0 Å². The zero-order valence-corrected chi connectivity index (χ0v) is 13.3. The van der Waals surface area contributed by atoms with Crippen molar-refractivity contribution in [2.24, 2.45) is 0 Å². The van der Waals surface area contributed by atoms with E-state index in [1.54, 1.807) is 7.11 Å². The highest BCUT2D eigenvalue weighted by Gasteiger charge is 2.14. The molecule has 0 saturated heterocycles. The number of benzene rings is 1. The Hall–Kier alpha value is -2.30. The largest absolute Gasteiger partial charge is 0.497 e. The molecule has 0 aliphatic heterocycles. The highest BCUT2D eigenvalue weighted by atomic mass is 16.5. The van der Waals surface area contributed by atoms with Crippen LogP contribution in [0.25, 0.3) is 0 Å². The maximum absolute atomic E-state index is 5.29. The lowest BCUT2D eigenvalue weighted by atomic mass is 10.2. The van der Waals surface area contributed by atoms with Crippen molar-refractivity contribution in [2.75, 3.05) is 30.9 Å². The number of aryl methyl sites for hydroxylation is 1. The third kappa shape index (κ3) is 3.24. The quantitative estimate of drug-likeness (QED) is 0.914. The van der Waals surface area contributed by atoms with E-state index in [-0.39, 0.29) is 0 Å². The van der Waals surface area contributed by atoms with Crippen LogP contribution in [0, 0.1) is 13.8 Å². The number of hydrogen-bond acceptors (Lipinski definition) is 5. The molecule has 5 heteroatoms. The lowest BCUT2D eigenvalue weighted by Crippen LogP contribution is -2.16. The van der Waals surface area contributed by atoms with E-state index in [1.165, 1.54) is 0 Å². The number of aromatic nitrogens is 2. The minimum absolute atomic E-state index is 0.751. The van der Waals surface area contributed by atoms with Crippen LogP contribution in [-0.2, 0) is 0 Å². The van der Waals surface area contributed by atoms with Crippen molar-refractivity contribution in [3.63, 3.8) is 0 Å². The van der Waals surface area contributed by atoms with E-state index in [2.05, 4.69) is 22.2 Å². The summed E-state index contributed by atoms with van der Waals surface area (Å²) in [4.78, 5) is 11.1. The predicted octanol–water partition coefficient (Wildman–Crippen LogP) is 3.30. The fraction of sp³-hybridized carbons (Fsp3) is 0.375. The summed E-state index contributed by atoms with van der Waals surface area (Å²) in [6.07, 6.45) is 0. The summed E-state index contributed by atoms with van der Waals surface area (Å²) in [7, 11) is 3.67. The van der Waals surface area contributed by atoms with Gasteiger partial charge in [0.2, 0.25) is 0 Å². The lowest BCUT2D eigenvalue weighted by molar-refractivity contribution is 0.415. The Labute approximate surface area is 126 Å². The summed E-state index contributed by atoms with van der Waals surface area (Å²) in [5.74, 6) is 3.36. The first kappa shape index (κ1) is 15.1. The Kier molecular flexibility index (Phi) is 4.62. The molecule has 0 bridgehead atoms. The number of rotatable bonds is 5. The molecule has 0 amide bonds. The summed E-state index contributed by atoms with van der Waals surface area (Å²) in [5, 5.41) is 3.28. The molecule has 5 nitrogen and oxygen atoms in total. The maximum atomic E-state index is 5.29. The Morgan fingerprint density at radius 3 is 2.67 bits per heavy atom. The summed E-state index contributed by atoms with van der Waals surface area (Å²) < 4.78 is 5.29. The first-order valence-corrected chi connectivity index (χ1v) is 7.03.